The molecule has 166 valence electrons. The Labute approximate surface area is 170 Å². The van der Waals surface area contributed by atoms with Gasteiger partial charge in [0.15, 0.2) is 0 Å². The molecular weight excluding hydrogens is 364 g/mol. The van der Waals surface area contributed by atoms with Crippen LogP contribution in [0.15, 0.2) is 0 Å². The van der Waals surface area contributed by atoms with Gasteiger partial charge in [-0.1, -0.05) is 6.92 Å². The molecule has 8 nitrogen and oxygen atoms in total. The molecule has 1 unspecified atom stereocenters. The fraction of sp³-hybridized carbons (Fsp3) is 0.900. The van der Waals surface area contributed by atoms with Crippen molar-refractivity contribution in [3.8, 4) is 0 Å². The van der Waals surface area contributed by atoms with Gasteiger partial charge in [-0.15, -0.1) is 0 Å². The predicted octanol–water partition coefficient (Wildman–Crippen LogP) is 1.57. The van der Waals surface area contributed by atoms with Crippen molar-refractivity contribution in [1.29, 1.82) is 0 Å². The van der Waals surface area contributed by atoms with Crippen LogP contribution in [0.25, 0.3) is 0 Å². The van der Waals surface area contributed by atoms with Gasteiger partial charge in [0, 0.05) is 45.9 Å². The number of hydrogen-bond acceptors (Lipinski definition) is 8. The smallest absolute Gasteiger partial charge is 0.306 e. The van der Waals surface area contributed by atoms with Crippen LogP contribution >= 0.6 is 0 Å². The Hall–Kier alpha value is -1.22. The molecule has 1 atom stereocenters. The average Bonchev–Trinajstić information content (AvgIpc) is 2.71. The van der Waals surface area contributed by atoms with E-state index in [0.717, 1.165) is 32.6 Å². The van der Waals surface area contributed by atoms with Crippen molar-refractivity contribution >= 4 is 11.9 Å². The Kier molecular flexibility index (Phi) is 17.1. The van der Waals surface area contributed by atoms with E-state index in [1.807, 2.05) is 6.92 Å². The third kappa shape index (κ3) is 14.8. The van der Waals surface area contributed by atoms with Crippen LogP contribution in [-0.2, 0) is 28.5 Å². The first kappa shape index (κ1) is 26.8. The molecule has 0 bridgehead atoms. The molecule has 0 heterocycles. The Morgan fingerprint density at radius 3 is 1.71 bits per heavy atom. The lowest BCUT2D eigenvalue weighted by Gasteiger charge is -2.27. The molecule has 0 radical (unpaired) electrons. The van der Waals surface area contributed by atoms with Crippen molar-refractivity contribution in [2.45, 2.75) is 46.1 Å². The second-order valence-electron chi connectivity index (χ2n) is 6.62. The van der Waals surface area contributed by atoms with E-state index >= 15 is 0 Å². The highest BCUT2D eigenvalue weighted by Crippen LogP contribution is 2.01. The first-order valence-electron chi connectivity index (χ1n) is 10.2. The van der Waals surface area contributed by atoms with Gasteiger partial charge in [0.05, 0.1) is 46.4 Å². The number of esters is 2. The van der Waals surface area contributed by atoms with E-state index < -0.39 is 0 Å². The topological polar surface area (TPSA) is 77.5 Å². The van der Waals surface area contributed by atoms with Gasteiger partial charge in [0.2, 0.25) is 0 Å². The van der Waals surface area contributed by atoms with Crippen LogP contribution in [0.2, 0.25) is 0 Å². The van der Waals surface area contributed by atoms with Gasteiger partial charge in [0.25, 0.3) is 0 Å². The number of carbonyl (C=O) groups is 2. The number of methoxy groups -OCH3 is 2. The third-order valence-corrected chi connectivity index (χ3v) is 4.59. The van der Waals surface area contributed by atoms with Crippen molar-refractivity contribution in [3.05, 3.63) is 0 Å². The number of carbonyl (C=O) groups excluding carboxylic acids is 2. The maximum absolute atomic E-state index is 11.5. The molecule has 0 aromatic rings. The summed E-state index contributed by atoms with van der Waals surface area (Å²) in [7, 11) is 2.81. The molecule has 0 N–H and O–H groups in total. The lowest BCUT2D eigenvalue weighted by Crippen LogP contribution is -2.40. The van der Waals surface area contributed by atoms with Crippen LogP contribution in [0.3, 0.4) is 0 Å². The molecule has 0 aromatic heterocycles. The quantitative estimate of drug-likeness (QED) is 0.252. The van der Waals surface area contributed by atoms with E-state index in [1.54, 1.807) is 0 Å². The summed E-state index contributed by atoms with van der Waals surface area (Å²) in [4.78, 5) is 27.4. The Morgan fingerprint density at radius 1 is 0.786 bits per heavy atom. The van der Waals surface area contributed by atoms with Gasteiger partial charge in [0.1, 0.15) is 0 Å². The third-order valence-electron chi connectivity index (χ3n) is 4.59. The number of ether oxygens (including phenoxy) is 4. The van der Waals surface area contributed by atoms with Gasteiger partial charge in [-0.25, -0.2) is 0 Å². The zero-order chi connectivity index (χ0) is 21.2. The first-order chi connectivity index (χ1) is 13.5. The molecule has 8 heteroatoms. The number of rotatable bonds is 18. The second-order valence-corrected chi connectivity index (χ2v) is 6.62. The Balaban J connectivity index is 4.60. The highest BCUT2D eigenvalue weighted by Gasteiger charge is 2.13. The van der Waals surface area contributed by atoms with E-state index in [0.29, 0.717) is 45.8 Å². The molecule has 0 fully saturated rings. The average molecular weight is 405 g/mol. The maximum Gasteiger partial charge on any atom is 0.306 e. The molecule has 0 amide bonds. The van der Waals surface area contributed by atoms with E-state index in [2.05, 4.69) is 23.6 Å². The summed E-state index contributed by atoms with van der Waals surface area (Å²) < 4.78 is 20.7. The molecule has 0 aliphatic carbocycles. The minimum atomic E-state index is -0.217. The van der Waals surface area contributed by atoms with E-state index in [-0.39, 0.29) is 18.0 Å². The standard InChI is InChI=1S/C20H40N2O6/c1-6-18(3)28-17-15-22(11-9-20(24)26-5)13-12-21(14-16-27-7-2)10-8-19(23)25-4/h18H,6-17H2,1-5H3. The molecule has 0 saturated heterocycles. The van der Waals surface area contributed by atoms with Crippen molar-refractivity contribution in [3.63, 3.8) is 0 Å². The van der Waals surface area contributed by atoms with Crippen molar-refractivity contribution < 1.29 is 28.5 Å². The fourth-order valence-electron chi connectivity index (χ4n) is 2.50. The summed E-state index contributed by atoms with van der Waals surface area (Å²) in [5, 5.41) is 0. The highest BCUT2D eigenvalue weighted by molar-refractivity contribution is 5.69. The zero-order valence-corrected chi connectivity index (χ0v) is 18.4. The summed E-state index contributed by atoms with van der Waals surface area (Å²) in [6.45, 7) is 12.3. The summed E-state index contributed by atoms with van der Waals surface area (Å²) in [6.07, 6.45) is 1.90. The molecule has 0 aliphatic heterocycles. The zero-order valence-electron chi connectivity index (χ0n) is 18.4. The van der Waals surface area contributed by atoms with Crippen LogP contribution in [-0.4, -0.2) is 101 Å². The Bertz CT molecular complexity index is 408. The van der Waals surface area contributed by atoms with Crippen LogP contribution in [0, 0.1) is 0 Å². The van der Waals surface area contributed by atoms with Crippen molar-refractivity contribution in [2.24, 2.45) is 0 Å². The van der Waals surface area contributed by atoms with Crippen LogP contribution in [0.4, 0.5) is 0 Å². The minimum Gasteiger partial charge on any atom is -0.469 e. The fourth-order valence-corrected chi connectivity index (χ4v) is 2.50. The second kappa shape index (κ2) is 17.8. The molecule has 0 spiro atoms. The summed E-state index contributed by atoms with van der Waals surface area (Å²) in [5.41, 5.74) is 0. The molecule has 0 saturated carbocycles. The monoisotopic (exact) mass is 404 g/mol. The van der Waals surface area contributed by atoms with Crippen molar-refractivity contribution in [1.82, 2.24) is 9.80 Å². The Morgan fingerprint density at radius 2 is 1.29 bits per heavy atom. The summed E-state index contributed by atoms with van der Waals surface area (Å²) in [6, 6.07) is 0. The molecule has 0 aliphatic rings. The van der Waals surface area contributed by atoms with E-state index in [4.69, 9.17) is 18.9 Å². The summed E-state index contributed by atoms with van der Waals surface area (Å²) >= 11 is 0. The minimum absolute atomic E-state index is 0.216. The van der Waals surface area contributed by atoms with Crippen LogP contribution < -0.4 is 0 Å². The highest BCUT2D eigenvalue weighted by atomic mass is 16.5. The van der Waals surface area contributed by atoms with Gasteiger partial charge in [-0.05, 0) is 20.3 Å². The predicted molar refractivity (Wildman–Crippen MR) is 108 cm³/mol. The molecule has 28 heavy (non-hydrogen) atoms. The van der Waals surface area contributed by atoms with Gasteiger partial charge in [-0.2, -0.15) is 0 Å². The number of nitrogens with zero attached hydrogens (tertiary/aromatic N) is 2. The largest absolute Gasteiger partial charge is 0.469 e. The van der Waals surface area contributed by atoms with Gasteiger partial charge >= 0.3 is 11.9 Å². The normalized spacial score (nSPS) is 12.4. The summed E-state index contributed by atoms with van der Waals surface area (Å²) in [5.74, 6) is -0.433. The first-order valence-corrected chi connectivity index (χ1v) is 10.2. The maximum atomic E-state index is 11.5. The molecule has 0 rings (SSSR count). The van der Waals surface area contributed by atoms with Gasteiger partial charge in [-0.3, -0.25) is 19.4 Å². The van der Waals surface area contributed by atoms with Crippen LogP contribution in [0.1, 0.15) is 40.0 Å². The molecule has 0 aromatic carbocycles. The van der Waals surface area contributed by atoms with Crippen molar-refractivity contribution in [2.75, 3.05) is 73.3 Å². The lowest BCUT2D eigenvalue weighted by molar-refractivity contribution is -0.142. The van der Waals surface area contributed by atoms with E-state index in [1.165, 1.54) is 14.2 Å². The van der Waals surface area contributed by atoms with Crippen LogP contribution in [0.5, 0.6) is 0 Å². The SMILES string of the molecule is CCOCCN(CCC(=O)OC)CCN(CCOC(C)CC)CCC(=O)OC. The van der Waals surface area contributed by atoms with E-state index in [9.17, 15) is 9.59 Å². The lowest BCUT2D eigenvalue weighted by atomic mass is 10.3. The van der Waals surface area contributed by atoms with Gasteiger partial charge < -0.3 is 18.9 Å². The molecular formula is C20H40N2O6. The number of hydrogen-bond donors (Lipinski definition) is 0.